The lowest BCUT2D eigenvalue weighted by atomic mass is 9.69. The molecule has 3 rings (SSSR count). The Morgan fingerprint density at radius 1 is 1.29 bits per heavy atom. The molecular formula is C22H26BFN2O5. The molecule has 0 bridgehead atoms. The van der Waals surface area contributed by atoms with E-state index < -0.39 is 36.0 Å². The van der Waals surface area contributed by atoms with Gasteiger partial charge in [-0.25, -0.2) is 9.18 Å². The number of nitrogens with two attached hydrogens (primary N) is 1. The minimum Gasteiger partial charge on any atom is -0.463 e. The van der Waals surface area contributed by atoms with Crippen LogP contribution in [0.4, 0.5) is 4.39 Å². The van der Waals surface area contributed by atoms with Crippen LogP contribution in [-0.4, -0.2) is 30.9 Å². The number of benzene rings is 1. The highest BCUT2D eigenvalue weighted by atomic mass is 19.1. The minimum atomic E-state index is -0.924. The summed E-state index contributed by atoms with van der Waals surface area (Å²) in [6.45, 7) is 10.9. The topological polar surface area (TPSA) is 104 Å². The zero-order valence-corrected chi connectivity index (χ0v) is 18.5. The quantitative estimate of drug-likeness (QED) is 0.581. The van der Waals surface area contributed by atoms with Gasteiger partial charge in [0.15, 0.2) is 0 Å². The van der Waals surface area contributed by atoms with Gasteiger partial charge in [-0.15, -0.1) is 0 Å². The lowest BCUT2D eigenvalue weighted by Crippen LogP contribution is -2.41. The van der Waals surface area contributed by atoms with Gasteiger partial charge in [0.25, 0.3) is 0 Å². The van der Waals surface area contributed by atoms with Gasteiger partial charge in [0.05, 0.1) is 29.3 Å². The number of hydrogen-bond donors (Lipinski definition) is 1. The van der Waals surface area contributed by atoms with E-state index in [0.29, 0.717) is 11.0 Å². The summed E-state index contributed by atoms with van der Waals surface area (Å²) in [4.78, 5) is 12.8. The summed E-state index contributed by atoms with van der Waals surface area (Å²) in [7, 11) is -0.913. The van der Waals surface area contributed by atoms with Crippen LogP contribution >= 0.6 is 0 Å². The molecule has 164 valence electrons. The molecular weight excluding hydrogens is 402 g/mol. The summed E-state index contributed by atoms with van der Waals surface area (Å²) in [6.07, 6.45) is 0. The number of ether oxygens (including phenoxy) is 2. The second-order valence-corrected chi connectivity index (χ2v) is 8.48. The van der Waals surface area contributed by atoms with Crippen molar-refractivity contribution in [3.63, 3.8) is 0 Å². The molecule has 0 spiro atoms. The molecule has 1 unspecified atom stereocenters. The zero-order chi connectivity index (χ0) is 23.1. The smallest absolute Gasteiger partial charge is 0.463 e. The Labute approximate surface area is 181 Å². The number of carbonyl (C=O) groups excluding carboxylic acids is 1. The maximum absolute atomic E-state index is 14.3. The molecule has 31 heavy (non-hydrogen) atoms. The second-order valence-electron chi connectivity index (χ2n) is 8.48. The van der Waals surface area contributed by atoms with Crippen LogP contribution in [0.5, 0.6) is 0 Å². The molecule has 2 aliphatic rings. The summed E-state index contributed by atoms with van der Waals surface area (Å²) in [5.41, 5.74) is 5.60. The Morgan fingerprint density at radius 2 is 1.90 bits per heavy atom. The molecule has 0 saturated carbocycles. The Balaban J connectivity index is 2.21. The van der Waals surface area contributed by atoms with E-state index >= 15 is 0 Å². The molecule has 0 amide bonds. The summed E-state index contributed by atoms with van der Waals surface area (Å²) < 4.78 is 37.2. The zero-order valence-electron chi connectivity index (χ0n) is 18.5. The number of rotatable bonds is 4. The van der Waals surface area contributed by atoms with Crippen molar-refractivity contribution in [1.29, 1.82) is 5.26 Å². The molecule has 1 saturated heterocycles. The highest BCUT2D eigenvalue weighted by molar-refractivity contribution is 6.62. The van der Waals surface area contributed by atoms with Gasteiger partial charge in [-0.05, 0) is 64.7 Å². The van der Waals surface area contributed by atoms with E-state index in [1.54, 1.807) is 13.8 Å². The molecule has 0 aromatic heterocycles. The van der Waals surface area contributed by atoms with Gasteiger partial charge in [-0.3, -0.25) is 0 Å². The Morgan fingerprint density at radius 3 is 2.45 bits per heavy atom. The van der Waals surface area contributed by atoms with E-state index in [-0.39, 0.29) is 29.4 Å². The predicted octanol–water partition coefficient (Wildman–Crippen LogP) is 2.77. The number of allylic oxidation sites excluding steroid dienone is 2. The standard InChI is InChI=1S/C22H26BFN2O5/c1-7-28-20(27)17-12(2)29-19(26)15(11-25)18(17)14-9-8-13(24)10-16(14)23-30-21(3,4)22(5,6)31-23/h8-10,18H,7,26H2,1-6H3. The normalized spacial score (nSPS) is 22.3. The van der Waals surface area contributed by atoms with Crippen molar-refractivity contribution in [3.8, 4) is 6.07 Å². The van der Waals surface area contributed by atoms with Crippen molar-refractivity contribution in [1.82, 2.24) is 0 Å². The van der Waals surface area contributed by atoms with E-state index in [1.807, 2.05) is 33.8 Å². The van der Waals surface area contributed by atoms with Crippen molar-refractivity contribution in [2.45, 2.75) is 58.7 Å². The third-order valence-corrected chi connectivity index (χ3v) is 5.97. The third-order valence-electron chi connectivity index (χ3n) is 5.97. The first-order valence-electron chi connectivity index (χ1n) is 10.0. The number of carbonyl (C=O) groups is 1. The number of esters is 1. The molecule has 0 aliphatic carbocycles. The lowest BCUT2D eigenvalue weighted by molar-refractivity contribution is -0.139. The summed E-state index contributed by atoms with van der Waals surface area (Å²) >= 11 is 0. The molecule has 1 fully saturated rings. The van der Waals surface area contributed by atoms with Gasteiger partial charge >= 0.3 is 13.1 Å². The summed E-state index contributed by atoms with van der Waals surface area (Å²) in [6, 6.07) is 6.07. The lowest BCUT2D eigenvalue weighted by Gasteiger charge is -2.32. The van der Waals surface area contributed by atoms with Gasteiger partial charge in [0.2, 0.25) is 5.88 Å². The van der Waals surface area contributed by atoms with Crippen molar-refractivity contribution >= 4 is 18.6 Å². The van der Waals surface area contributed by atoms with Crippen LogP contribution in [0.25, 0.3) is 0 Å². The monoisotopic (exact) mass is 428 g/mol. The first-order valence-corrected chi connectivity index (χ1v) is 10.0. The number of hydrogen-bond acceptors (Lipinski definition) is 7. The molecule has 1 aromatic carbocycles. The van der Waals surface area contributed by atoms with Gasteiger partial charge in [0, 0.05) is 0 Å². The number of halogens is 1. The van der Waals surface area contributed by atoms with Gasteiger partial charge in [-0.2, -0.15) is 5.26 Å². The number of nitriles is 1. The molecule has 2 aliphatic heterocycles. The first-order chi connectivity index (χ1) is 14.4. The molecule has 7 nitrogen and oxygen atoms in total. The maximum Gasteiger partial charge on any atom is 0.495 e. The Kier molecular flexibility index (Phi) is 5.91. The van der Waals surface area contributed by atoms with E-state index in [9.17, 15) is 14.4 Å². The van der Waals surface area contributed by atoms with E-state index in [2.05, 4.69) is 0 Å². The van der Waals surface area contributed by atoms with Gasteiger partial charge in [0.1, 0.15) is 23.2 Å². The first kappa shape index (κ1) is 22.9. The molecule has 9 heteroatoms. The van der Waals surface area contributed by atoms with Crippen LogP contribution < -0.4 is 11.2 Å². The van der Waals surface area contributed by atoms with Gasteiger partial charge < -0.3 is 24.5 Å². The fourth-order valence-electron chi connectivity index (χ4n) is 3.65. The second kappa shape index (κ2) is 8.02. The molecule has 0 radical (unpaired) electrons. The summed E-state index contributed by atoms with van der Waals surface area (Å²) in [5.74, 6) is -1.98. The van der Waals surface area contributed by atoms with Crippen molar-refractivity contribution in [2.24, 2.45) is 5.73 Å². The van der Waals surface area contributed by atoms with E-state index in [0.717, 1.165) is 0 Å². The highest BCUT2D eigenvalue weighted by Gasteiger charge is 2.53. The van der Waals surface area contributed by atoms with E-state index in [1.165, 1.54) is 18.2 Å². The predicted molar refractivity (Wildman–Crippen MR) is 112 cm³/mol. The fraction of sp³-hybridized carbons (Fsp3) is 0.455. The highest BCUT2D eigenvalue weighted by Crippen LogP contribution is 2.41. The number of nitrogens with zero attached hydrogens (tertiary/aromatic N) is 1. The molecule has 1 atom stereocenters. The minimum absolute atomic E-state index is 0.0260. The van der Waals surface area contributed by atoms with Crippen LogP contribution in [0.1, 0.15) is 53.0 Å². The van der Waals surface area contributed by atoms with Crippen molar-refractivity contribution < 1.29 is 28.0 Å². The Hall–Kier alpha value is -2.83. The van der Waals surface area contributed by atoms with Crippen LogP contribution in [0, 0.1) is 17.1 Å². The summed E-state index contributed by atoms with van der Waals surface area (Å²) in [5, 5.41) is 9.81. The van der Waals surface area contributed by atoms with Crippen LogP contribution in [0.15, 0.2) is 41.0 Å². The van der Waals surface area contributed by atoms with Gasteiger partial charge in [-0.1, -0.05) is 6.07 Å². The van der Waals surface area contributed by atoms with Crippen LogP contribution in [0.2, 0.25) is 0 Å². The molecule has 2 heterocycles. The Bertz CT molecular complexity index is 1010. The van der Waals surface area contributed by atoms with Crippen molar-refractivity contribution in [2.75, 3.05) is 6.61 Å². The molecule has 2 N–H and O–H groups in total. The van der Waals surface area contributed by atoms with E-state index in [4.69, 9.17) is 24.5 Å². The molecule has 1 aromatic rings. The average Bonchev–Trinajstić information content (AvgIpc) is 2.88. The third kappa shape index (κ3) is 3.93. The van der Waals surface area contributed by atoms with Crippen molar-refractivity contribution in [3.05, 3.63) is 52.4 Å². The van der Waals surface area contributed by atoms with Crippen LogP contribution in [0.3, 0.4) is 0 Å². The van der Waals surface area contributed by atoms with Crippen LogP contribution in [-0.2, 0) is 23.6 Å². The average molecular weight is 428 g/mol. The SMILES string of the molecule is CCOC(=O)C1=C(C)OC(N)=C(C#N)C1c1ccc(F)cc1B1OC(C)(C)C(C)(C)O1. The fourth-order valence-corrected chi connectivity index (χ4v) is 3.65. The maximum atomic E-state index is 14.3. The largest absolute Gasteiger partial charge is 0.495 e.